The van der Waals surface area contributed by atoms with Gasteiger partial charge in [-0.2, -0.15) is 0 Å². The number of aliphatic hydroxyl groups excluding tert-OH is 1. The van der Waals surface area contributed by atoms with Crippen molar-refractivity contribution in [3.8, 4) is 5.75 Å². The number of nitrogens with two attached hydrogens (primary N) is 4. The number of aromatic amines is 1. The molecule has 10 atom stereocenters. The van der Waals surface area contributed by atoms with E-state index in [9.17, 15) is 78.0 Å². The minimum atomic E-state index is -1.94. The molecule has 0 bridgehead atoms. The average Bonchev–Trinajstić information content (AvgIpc) is 1.81. The number of phenolic OH excluding ortho intramolecular Hbond substituents is 1. The van der Waals surface area contributed by atoms with Gasteiger partial charge in [0.15, 0.2) is 5.96 Å². The van der Waals surface area contributed by atoms with E-state index in [0.717, 1.165) is 23.4 Å². The summed E-state index contributed by atoms with van der Waals surface area (Å²) in [5.74, 6) is -14.8. The van der Waals surface area contributed by atoms with Gasteiger partial charge >= 0.3 is 11.9 Å². The van der Waals surface area contributed by atoms with Crippen molar-refractivity contribution in [3.63, 3.8) is 0 Å². The third kappa shape index (κ3) is 27.1. The number of fused-ring (bicyclic) bond motifs is 1. The Morgan fingerprint density at radius 1 is 0.527 bits per heavy atom. The number of carboxylic acid groups (broad SMARTS) is 3. The van der Waals surface area contributed by atoms with Gasteiger partial charge in [-0.3, -0.25) is 62.5 Å². The second-order valence-electron chi connectivity index (χ2n) is 21.9. The van der Waals surface area contributed by atoms with Crippen LogP contribution in [0.3, 0.4) is 0 Å². The number of guanidine groups is 1. The second kappa shape index (κ2) is 38.1. The van der Waals surface area contributed by atoms with E-state index in [0.29, 0.717) is 11.1 Å². The molecule has 93 heavy (non-hydrogen) atoms. The van der Waals surface area contributed by atoms with Crippen molar-refractivity contribution in [2.24, 2.45) is 33.8 Å². The Bertz CT molecular complexity index is 3280. The maximum atomic E-state index is 14.2. The number of primary amides is 1. The van der Waals surface area contributed by atoms with Gasteiger partial charge in [0.2, 0.25) is 59.1 Å². The van der Waals surface area contributed by atoms with Crippen LogP contribution in [0.1, 0.15) is 83.4 Å². The van der Waals surface area contributed by atoms with E-state index in [1.165, 1.54) is 52.0 Å². The van der Waals surface area contributed by atoms with Gasteiger partial charge in [-0.1, -0.05) is 74.5 Å². The normalized spacial score (nSPS) is 14.1. The maximum absolute atomic E-state index is 14.2. The number of rotatable bonds is 36. The molecule has 23 N–H and O–H groups in total. The largest absolute Gasteiger partial charge is 0.508 e. The molecule has 1 heterocycles. The number of carbonyl (C=O) groups is 13. The number of aromatic hydroxyl groups is 1. The quantitative estimate of drug-likeness (QED) is 0.0118. The highest BCUT2D eigenvalue weighted by molar-refractivity contribution is 5.99. The molecule has 0 radical (unpaired) electrons. The van der Waals surface area contributed by atoms with Gasteiger partial charge in [0.1, 0.15) is 60.1 Å². The number of aromatic nitrogens is 1. The number of nitrogens with zero attached hydrogens (tertiary/aromatic N) is 1. The number of hydrogen-bond acceptors (Lipinski definition) is 17. The Kier molecular flexibility index (Phi) is 31.4. The lowest BCUT2D eigenvalue weighted by atomic mass is 10.00. The predicted molar refractivity (Wildman–Crippen MR) is 334 cm³/mol. The summed E-state index contributed by atoms with van der Waals surface area (Å²) in [6, 6.07) is 5.81. The van der Waals surface area contributed by atoms with E-state index in [1.807, 2.05) is 24.3 Å². The number of aliphatic hydroxyl groups is 1. The molecule has 1 aromatic heterocycles. The van der Waals surface area contributed by atoms with Gasteiger partial charge in [0.05, 0.1) is 19.1 Å². The van der Waals surface area contributed by atoms with Crippen LogP contribution in [0.4, 0.5) is 0 Å². The van der Waals surface area contributed by atoms with Crippen molar-refractivity contribution >= 4 is 93.8 Å². The summed E-state index contributed by atoms with van der Waals surface area (Å²) in [5.41, 5.74) is 25.1. The summed E-state index contributed by atoms with van der Waals surface area (Å²) in [7, 11) is 0. The molecule has 506 valence electrons. The highest BCUT2D eigenvalue weighted by Crippen LogP contribution is 2.19. The number of H-pyrrole nitrogens is 1. The predicted octanol–water partition coefficient (Wildman–Crippen LogP) is -3.75. The molecule has 0 fully saturated rings. The zero-order chi connectivity index (χ0) is 69.6. The summed E-state index contributed by atoms with van der Waals surface area (Å²) >= 11 is 0. The van der Waals surface area contributed by atoms with E-state index in [-0.39, 0.29) is 56.8 Å². The number of para-hydroxylation sites is 1. The van der Waals surface area contributed by atoms with Crippen LogP contribution < -0.4 is 70.8 Å². The van der Waals surface area contributed by atoms with Crippen LogP contribution in [0.5, 0.6) is 5.75 Å². The lowest BCUT2D eigenvalue weighted by Crippen LogP contribution is -2.61. The van der Waals surface area contributed by atoms with Crippen LogP contribution in [0, 0.1) is 5.92 Å². The van der Waals surface area contributed by atoms with E-state index in [2.05, 4.69) is 57.8 Å². The molecule has 33 nitrogen and oxygen atoms in total. The maximum Gasteiger partial charge on any atom is 0.326 e. The summed E-state index contributed by atoms with van der Waals surface area (Å²) < 4.78 is 0. The first-order chi connectivity index (χ1) is 43.8. The number of amides is 10. The van der Waals surface area contributed by atoms with Crippen LogP contribution >= 0.6 is 0 Å². The van der Waals surface area contributed by atoms with Crippen LogP contribution in [0.15, 0.2) is 90.1 Å². The van der Waals surface area contributed by atoms with E-state index in [1.54, 1.807) is 36.5 Å². The van der Waals surface area contributed by atoms with E-state index >= 15 is 0 Å². The molecule has 0 saturated heterocycles. The molecule has 0 unspecified atom stereocenters. The van der Waals surface area contributed by atoms with Crippen molar-refractivity contribution in [1.29, 1.82) is 0 Å². The summed E-state index contributed by atoms with van der Waals surface area (Å²) in [6.45, 7) is 5.55. The summed E-state index contributed by atoms with van der Waals surface area (Å²) in [6.07, 6.45) is -0.378. The van der Waals surface area contributed by atoms with Gasteiger partial charge in [0, 0.05) is 49.8 Å². The van der Waals surface area contributed by atoms with E-state index in [4.69, 9.17) is 32.8 Å². The minimum Gasteiger partial charge on any atom is -0.508 e. The first kappa shape index (κ1) is 76.5. The van der Waals surface area contributed by atoms with Crippen LogP contribution in [0.2, 0.25) is 0 Å². The average molecular weight is 1300 g/mol. The number of benzene rings is 3. The lowest BCUT2D eigenvalue weighted by molar-refractivity contribution is -0.143. The van der Waals surface area contributed by atoms with Crippen LogP contribution in [0.25, 0.3) is 10.9 Å². The van der Waals surface area contributed by atoms with Gasteiger partial charge < -0.3 is 101 Å². The Labute approximate surface area is 533 Å². The zero-order valence-corrected chi connectivity index (χ0v) is 51.8. The number of aliphatic carboxylic acids is 3. The molecule has 33 heteroatoms. The summed E-state index contributed by atoms with van der Waals surface area (Å²) in [4.78, 5) is 176. The molecule has 3 aromatic carbocycles. The van der Waals surface area contributed by atoms with Crippen molar-refractivity contribution in [1.82, 2.24) is 52.8 Å². The lowest BCUT2D eigenvalue weighted by Gasteiger charge is -2.28. The van der Waals surface area contributed by atoms with Crippen LogP contribution in [-0.2, 0) is 81.6 Å². The number of aliphatic imine (C=N–C) groups is 1. The van der Waals surface area contributed by atoms with Crippen LogP contribution in [-0.4, -0.2) is 187 Å². The fourth-order valence-electron chi connectivity index (χ4n) is 8.89. The minimum absolute atomic E-state index is 0.0437. The Hall–Kier alpha value is -10.7. The highest BCUT2D eigenvalue weighted by atomic mass is 16.4. The molecule has 0 aliphatic carbocycles. The second-order valence-corrected chi connectivity index (χ2v) is 21.9. The number of phenols is 1. The number of hydrogen-bond donors (Lipinski definition) is 19. The molecule has 4 rings (SSSR count). The first-order valence-electron chi connectivity index (χ1n) is 29.2. The monoisotopic (exact) mass is 1300 g/mol. The van der Waals surface area contributed by atoms with Crippen molar-refractivity contribution in [3.05, 3.63) is 102 Å². The van der Waals surface area contributed by atoms with Gasteiger partial charge in [-0.15, -0.1) is 0 Å². The molecule has 10 amide bonds. The molecule has 0 aliphatic heterocycles. The number of carboxylic acids is 3. The van der Waals surface area contributed by atoms with Crippen molar-refractivity contribution < 1.29 is 87.9 Å². The third-order valence-electron chi connectivity index (χ3n) is 13.8. The van der Waals surface area contributed by atoms with Gasteiger partial charge in [-0.25, -0.2) is 4.79 Å². The fourth-order valence-corrected chi connectivity index (χ4v) is 8.89. The van der Waals surface area contributed by atoms with Gasteiger partial charge in [0.25, 0.3) is 5.97 Å². The fraction of sp³-hybridized carbons (Fsp3) is 0.433. The molecule has 0 spiro atoms. The number of nitrogens with one attached hydrogen (secondary N) is 10. The smallest absolute Gasteiger partial charge is 0.326 e. The summed E-state index contributed by atoms with van der Waals surface area (Å²) in [5, 5.41) is 69.0. The topological polar surface area (TPSA) is 564 Å². The SMILES string of the molecule is CC(=O)O.CC(C)[C@H](NC(=O)[C@H](Cc1ccccc1)NC(=O)[C@H](C)NC(=O)[C@H](C)NC(=O)[C@H](CCC(N)=O)NC(=O)[C@H](CCCN=C(N)N)NC(=O)[C@@H](N)Cc1c[nH]c2ccccc12)C(=O)N[C@@H](CC(=O)O)C(=O)N[C@@H](CO)C(=O)N[C@@H](Cc1ccc(O)cc1)C(=O)O. The molecule has 4 aromatic rings. The Morgan fingerprint density at radius 2 is 1.00 bits per heavy atom. The molecular formula is C60H83N15O18. The molecule has 0 saturated carbocycles. The van der Waals surface area contributed by atoms with Crippen molar-refractivity contribution in [2.45, 2.75) is 146 Å². The third-order valence-corrected chi connectivity index (χ3v) is 13.8. The Morgan fingerprint density at radius 3 is 1.58 bits per heavy atom. The standard InChI is InChI=1S/C58H79N15O16.C2H4O2/c1-29(2)47(56(87)70-42(26-46(77)78)53(84)72-44(28-74)55(86)71-43(57(88)89)24-33-16-18-35(75)19-17-33)73-54(85)41(23-32-11-6-5-7-12-32)69-49(80)31(4)65-48(79)30(3)66-51(82)40(20-21-45(60)76)68-52(83)39(15-10-22-63-58(61)62)67-50(81)37(59)25-34-27-64-38-14-9-8-13-36(34)38;1-2(3)4/h5-9,11-14,16-19,27,29-31,37,39-44,47,64,74-75H,10,15,20-26,28,59H2,1-4H3,(H2,60,76)(H,65,79)(H,66,82)(H,67,81)(H,68,83)(H,69,80)(H,70,87)(H,71,86)(H,72,84)(H,73,85)(H,77,78)(H,88,89)(H4,61,62,63);1H3,(H,3,4)/t30-,31-,37-,39-,40-,41-,42-,43-,44-,47-;/m0./s1. The van der Waals surface area contributed by atoms with Crippen molar-refractivity contribution in [2.75, 3.05) is 13.2 Å². The highest BCUT2D eigenvalue weighted by Gasteiger charge is 2.36. The molecular weight excluding hydrogens is 1220 g/mol. The Balaban J connectivity index is 0.00000547. The zero-order valence-electron chi connectivity index (χ0n) is 51.8. The first-order valence-corrected chi connectivity index (χ1v) is 29.2. The number of carbonyl (C=O) groups excluding carboxylic acids is 10. The van der Waals surface area contributed by atoms with Gasteiger partial charge in [-0.05, 0) is 80.3 Å². The van der Waals surface area contributed by atoms with E-state index < -0.39 is 163 Å². The molecule has 0 aliphatic rings.